The molecule has 8 heteroatoms. The summed E-state index contributed by atoms with van der Waals surface area (Å²) in [6.45, 7) is 8.78. The van der Waals surface area contributed by atoms with Crippen molar-refractivity contribution in [2.24, 2.45) is 0 Å². The van der Waals surface area contributed by atoms with E-state index in [1.54, 1.807) is 6.26 Å². The average molecular weight is 514 g/mol. The van der Waals surface area contributed by atoms with E-state index in [4.69, 9.17) is 16.6 Å². The number of pyridine rings is 1. The lowest BCUT2D eigenvalue weighted by atomic mass is 9.96. The van der Waals surface area contributed by atoms with Gasteiger partial charge < -0.3 is 24.5 Å². The Labute approximate surface area is 222 Å². The summed E-state index contributed by atoms with van der Waals surface area (Å²) in [6, 6.07) is 17.9. The first-order chi connectivity index (χ1) is 17.9. The van der Waals surface area contributed by atoms with Gasteiger partial charge in [-0.2, -0.15) is 0 Å². The van der Waals surface area contributed by atoms with Crippen LogP contribution in [0.15, 0.2) is 71.5 Å². The fourth-order valence-corrected chi connectivity index (χ4v) is 5.40. The summed E-state index contributed by atoms with van der Waals surface area (Å²) in [5.74, 6) is 0.901. The summed E-state index contributed by atoms with van der Waals surface area (Å²) in [7, 11) is 0. The topological polar surface area (TPSA) is 75.3 Å². The highest BCUT2D eigenvalue weighted by Gasteiger charge is 2.42. The molecule has 1 aromatic carbocycles. The molecule has 2 atom stereocenters. The standard InChI is InChI=1S/C29H31N5O2S/c1-5-26(35)31-24-12-11-21(15-18(24)2)34-28(27(32-29(34)37)25-10-6-7-13-30-25)23-16-19(3)33(20(23)4)17-22-9-8-14-36-22/h6-16,27-28H,5,17H2,1-4H3,(H,31,35)(H,32,37)/t27-,28-/m0/s1. The van der Waals surface area contributed by atoms with Crippen LogP contribution in [0.4, 0.5) is 11.4 Å². The van der Waals surface area contributed by atoms with Gasteiger partial charge in [0.2, 0.25) is 5.91 Å². The van der Waals surface area contributed by atoms with Crippen LogP contribution in [0.25, 0.3) is 0 Å². The Morgan fingerprint density at radius 3 is 2.65 bits per heavy atom. The zero-order valence-corrected chi connectivity index (χ0v) is 22.3. The molecule has 4 heterocycles. The third kappa shape index (κ3) is 4.76. The maximum atomic E-state index is 12.0. The van der Waals surface area contributed by atoms with Gasteiger partial charge in [-0.15, -0.1) is 0 Å². The van der Waals surface area contributed by atoms with Crippen molar-refractivity contribution in [3.8, 4) is 0 Å². The van der Waals surface area contributed by atoms with E-state index in [0.717, 1.165) is 39.8 Å². The lowest BCUT2D eigenvalue weighted by Gasteiger charge is -2.29. The number of aryl methyl sites for hydroxylation is 2. The van der Waals surface area contributed by atoms with Gasteiger partial charge in [0.1, 0.15) is 5.76 Å². The third-order valence-electron chi connectivity index (χ3n) is 7.01. The lowest BCUT2D eigenvalue weighted by molar-refractivity contribution is -0.115. The SMILES string of the molecule is CCC(=O)Nc1ccc(N2C(=S)N[C@@H](c3ccccn3)[C@@H]2c2cc(C)n(Cc3ccco3)c2C)cc1C. The number of carbonyl (C=O) groups is 1. The second kappa shape index (κ2) is 10.2. The van der Waals surface area contributed by atoms with E-state index in [9.17, 15) is 4.79 Å². The minimum atomic E-state index is -0.133. The molecule has 4 aromatic rings. The molecular formula is C29H31N5O2S. The minimum absolute atomic E-state index is 0.00806. The lowest BCUT2D eigenvalue weighted by Crippen LogP contribution is -2.29. The number of hydrogen-bond acceptors (Lipinski definition) is 4. The molecule has 7 nitrogen and oxygen atoms in total. The van der Waals surface area contributed by atoms with Crippen LogP contribution in [-0.4, -0.2) is 20.6 Å². The summed E-state index contributed by atoms with van der Waals surface area (Å²) in [5.41, 5.74) is 7.15. The number of nitrogens with one attached hydrogen (secondary N) is 2. The minimum Gasteiger partial charge on any atom is -0.467 e. The van der Waals surface area contributed by atoms with Crippen molar-refractivity contribution in [2.45, 2.75) is 52.7 Å². The Bertz CT molecular complexity index is 1430. The smallest absolute Gasteiger partial charge is 0.224 e. The Morgan fingerprint density at radius 2 is 1.97 bits per heavy atom. The number of amides is 1. The van der Waals surface area contributed by atoms with Crippen LogP contribution in [0.1, 0.15) is 59.4 Å². The van der Waals surface area contributed by atoms with Gasteiger partial charge in [-0.25, -0.2) is 0 Å². The molecule has 1 fully saturated rings. The van der Waals surface area contributed by atoms with Crippen LogP contribution in [0.5, 0.6) is 0 Å². The number of hydrogen-bond donors (Lipinski definition) is 2. The molecule has 1 aliphatic heterocycles. The van der Waals surface area contributed by atoms with Crippen molar-refractivity contribution < 1.29 is 9.21 Å². The molecule has 190 valence electrons. The molecule has 0 aliphatic carbocycles. The first-order valence-corrected chi connectivity index (χ1v) is 12.9. The highest BCUT2D eigenvalue weighted by molar-refractivity contribution is 7.80. The number of aromatic nitrogens is 2. The number of nitrogens with zero attached hydrogens (tertiary/aromatic N) is 3. The van der Waals surface area contributed by atoms with E-state index in [1.807, 2.05) is 62.5 Å². The van der Waals surface area contributed by atoms with Gasteiger partial charge in [0.15, 0.2) is 5.11 Å². The summed E-state index contributed by atoms with van der Waals surface area (Å²) in [4.78, 5) is 18.8. The number of anilines is 2. The van der Waals surface area contributed by atoms with Gasteiger partial charge in [-0.05, 0) is 92.6 Å². The van der Waals surface area contributed by atoms with E-state index in [2.05, 4.69) is 51.1 Å². The third-order valence-corrected chi connectivity index (χ3v) is 7.32. The summed E-state index contributed by atoms with van der Waals surface area (Å²) >= 11 is 5.91. The van der Waals surface area contributed by atoms with Gasteiger partial charge in [0, 0.05) is 35.4 Å². The van der Waals surface area contributed by atoms with Crippen LogP contribution in [0.3, 0.4) is 0 Å². The van der Waals surface area contributed by atoms with Crippen molar-refractivity contribution in [3.63, 3.8) is 0 Å². The molecule has 0 spiro atoms. The van der Waals surface area contributed by atoms with E-state index < -0.39 is 0 Å². The van der Waals surface area contributed by atoms with Crippen LogP contribution >= 0.6 is 12.2 Å². The number of rotatable bonds is 7. The van der Waals surface area contributed by atoms with Gasteiger partial charge in [-0.3, -0.25) is 9.78 Å². The molecule has 1 aliphatic rings. The second-order valence-corrected chi connectivity index (χ2v) is 9.78. The van der Waals surface area contributed by atoms with Gasteiger partial charge in [0.25, 0.3) is 0 Å². The van der Waals surface area contributed by atoms with Crippen molar-refractivity contribution >= 4 is 34.6 Å². The highest BCUT2D eigenvalue weighted by Crippen LogP contribution is 2.44. The Morgan fingerprint density at radius 1 is 1.14 bits per heavy atom. The highest BCUT2D eigenvalue weighted by atomic mass is 32.1. The largest absolute Gasteiger partial charge is 0.467 e. The summed E-state index contributed by atoms with van der Waals surface area (Å²) < 4.78 is 7.91. The fourth-order valence-electron chi connectivity index (χ4n) is 5.05. The monoisotopic (exact) mass is 513 g/mol. The Balaban J connectivity index is 1.59. The fraction of sp³-hybridized carbons (Fsp3) is 0.276. The van der Waals surface area contributed by atoms with Crippen LogP contribution < -0.4 is 15.5 Å². The van der Waals surface area contributed by atoms with Crippen LogP contribution in [-0.2, 0) is 11.3 Å². The first kappa shape index (κ1) is 24.8. The molecule has 1 saturated heterocycles. The van der Waals surface area contributed by atoms with Crippen molar-refractivity contribution in [3.05, 3.63) is 101 Å². The molecule has 0 radical (unpaired) electrons. The molecule has 2 N–H and O–H groups in total. The molecule has 0 saturated carbocycles. The molecule has 5 rings (SSSR count). The molecule has 3 aromatic heterocycles. The Hall–Kier alpha value is -3.91. The van der Waals surface area contributed by atoms with Gasteiger partial charge >= 0.3 is 0 Å². The van der Waals surface area contributed by atoms with E-state index in [-0.39, 0.29) is 18.0 Å². The van der Waals surface area contributed by atoms with Gasteiger partial charge in [-0.1, -0.05) is 13.0 Å². The predicted molar refractivity (Wildman–Crippen MR) is 150 cm³/mol. The first-order valence-electron chi connectivity index (χ1n) is 12.5. The molecule has 0 bridgehead atoms. The van der Waals surface area contributed by atoms with E-state index in [0.29, 0.717) is 18.1 Å². The normalized spacial score (nSPS) is 17.2. The van der Waals surface area contributed by atoms with Crippen LogP contribution in [0, 0.1) is 20.8 Å². The maximum Gasteiger partial charge on any atom is 0.224 e. The van der Waals surface area contributed by atoms with Crippen molar-refractivity contribution in [2.75, 3.05) is 10.2 Å². The summed E-state index contributed by atoms with van der Waals surface area (Å²) in [6.07, 6.45) is 3.95. The van der Waals surface area contributed by atoms with Crippen molar-refractivity contribution in [1.29, 1.82) is 0 Å². The molecule has 1 amide bonds. The van der Waals surface area contributed by atoms with Crippen molar-refractivity contribution in [1.82, 2.24) is 14.9 Å². The summed E-state index contributed by atoms with van der Waals surface area (Å²) in [5, 5.41) is 7.16. The molecule has 37 heavy (non-hydrogen) atoms. The molecule has 0 unspecified atom stereocenters. The van der Waals surface area contributed by atoms with E-state index >= 15 is 0 Å². The second-order valence-electron chi connectivity index (χ2n) is 9.39. The number of thiocarbonyl (C=S) groups is 1. The maximum absolute atomic E-state index is 12.0. The zero-order chi connectivity index (χ0) is 26.1. The Kier molecular flexibility index (Phi) is 6.84. The number of furan rings is 1. The van der Waals surface area contributed by atoms with E-state index in [1.165, 1.54) is 5.56 Å². The zero-order valence-electron chi connectivity index (χ0n) is 21.5. The number of benzene rings is 1. The average Bonchev–Trinajstić information content (AvgIpc) is 3.60. The molecular weight excluding hydrogens is 482 g/mol. The predicted octanol–water partition coefficient (Wildman–Crippen LogP) is 5.98. The number of carbonyl (C=O) groups excluding carboxylic acids is 1. The quantitative estimate of drug-likeness (QED) is 0.296. The van der Waals surface area contributed by atoms with Crippen LogP contribution in [0.2, 0.25) is 0 Å². The van der Waals surface area contributed by atoms with Gasteiger partial charge in [0.05, 0.1) is 30.6 Å².